The fourth-order valence-corrected chi connectivity index (χ4v) is 2.97. The molecule has 1 aromatic rings. The summed E-state index contributed by atoms with van der Waals surface area (Å²) in [6.45, 7) is 8.02. The molecule has 3 N–H and O–H groups in total. The average Bonchev–Trinajstić information content (AvgIpc) is 2.87. The fourth-order valence-electron chi connectivity index (χ4n) is 2.97. The molecule has 1 atom stereocenters. The fraction of sp³-hybridized carbons (Fsp3) is 0.647. The highest BCUT2D eigenvalue weighted by Gasteiger charge is 2.34. The third kappa shape index (κ3) is 4.53. The van der Waals surface area contributed by atoms with E-state index in [9.17, 15) is 14.4 Å². The Kier molecular flexibility index (Phi) is 6.59. The number of hydrogen-bond acceptors (Lipinski definition) is 4. The van der Waals surface area contributed by atoms with Crippen molar-refractivity contribution in [1.82, 2.24) is 30.6 Å². The first-order chi connectivity index (χ1) is 12.3. The van der Waals surface area contributed by atoms with Gasteiger partial charge in [0.15, 0.2) is 0 Å². The van der Waals surface area contributed by atoms with Crippen LogP contribution in [0.15, 0.2) is 0 Å². The number of carbonyl (C=O) groups is 3. The van der Waals surface area contributed by atoms with E-state index in [1.807, 2.05) is 25.5 Å². The summed E-state index contributed by atoms with van der Waals surface area (Å²) in [5.74, 6) is -0.571. The van der Waals surface area contributed by atoms with Crippen LogP contribution in [0.25, 0.3) is 0 Å². The number of amides is 4. The quantitative estimate of drug-likeness (QED) is 0.610. The number of rotatable bonds is 6. The third-order valence-electron chi connectivity index (χ3n) is 4.82. The largest absolute Gasteiger partial charge is 0.359 e. The molecule has 0 aromatic carbocycles. The van der Waals surface area contributed by atoms with Crippen LogP contribution in [0.2, 0.25) is 0 Å². The maximum atomic E-state index is 12.4. The maximum Gasteiger partial charge on any atom is 0.318 e. The minimum Gasteiger partial charge on any atom is -0.359 e. The molecule has 0 aliphatic carbocycles. The van der Waals surface area contributed by atoms with Gasteiger partial charge in [0.2, 0.25) is 11.8 Å². The second kappa shape index (κ2) is 8.68. The Morgan fingerprint density at radius 1 is 1.31 bits per heavy atom. The van der Waals surface area contributed by atoms with Gasteiger partial charge in [-0.1, -0.05) is 0 Å². The SMILES string of the molecule is CNC(=O)C[C@H]1C(=O)NCCN1C(=O)NCCCn1nc(C)c(C)c1C. The van der Waals surface area contributed by atoms with E-state index < -0.39 is 6.04 Å². The van der Waals surface area contributed by atoms with Crippen molar-refractivity contribution in [2.75, 3.05) is 26.7 Å². The monoisotopic (exact) mass is 364 g/mol. The Hall–Kier alpha value is -2.58. The minimum absolute atomic E-state index is 0.0409. The molecule has 9 nitrogen and oxygen atoms in total. The molecule has 1 aromatic heterocycles. The van der Waals surface area contributed by atoms with E-state index in [0.717, 1.165) is 17.8 Å². The molecule has 0 bridgehead atoms. The van der Waals surface area contributed by atoms with Crippen molar-refractivity contribution in [2.24, 2.45) is 0 Å². The Labute approximate surface area is 153 Å². The molecule has 1 aliphatic heterocycles. The summed E-state index contributed by atoms with van der Waals surface area (Å²) in [6, 6.07) is -1.10. The number of aryl methyl sites for hydroxylation is 2. The van der Waals surface area contributed by atoms with Crippen molar-refractivity contribution < 1.29 is 14.4 Å². The van der Waals surface area contributed by atoms with Crippen molar-refractivity contribution in [1.29, 1.82) is 0 Å². The summed E-state index contributed by atoms with van der Waals surface area (Å²) in [5.41, 5.74) is 3.33. The molecule has 1 aliphatic rings. The van der Waals surface area contributed by atoms with Gasteiger partial charge in [0.1, 0.15) is 6.04 Å². The van der Waals surface area contributed by atoms with Crippen LogP contribution in [0.4, 0.5) is 4.79 Å². The molecule has 0 saturated carbocycles. The normalized spacial score (nSPS) is 17.0. The number of aromatic nitrogens is 2. The lowest BCUT2D eigenvalue weighted by Crippen LogP contribution is -2.60. The Morgan fingerprint density at radius 3 is 2.65 bits per heavy atom. The van der Waals surface area contributed by atoms with Gasteiger partial charge in [-0.2, -0.15) is 5.10 Å². The van der Waals surface area contributed by atoms with Crippen LogP contribution in [0, 0.1) is 20.8 Å². The zero-order valence-electron chi connectivity index (χ0n) is 15.9. The topological polar surface area (TPSA) is 108 Å². The van der Waals surface area contributed by atoms with Crippen molar-refractivity contribution in [3.63, 3.8) is 0 Å². The first-order valence-electron chi connectivity index (χ1n) is 8.88. The van der Waals surface area contributed by atoms with Crippen LogP contribution in [-0.2, 0) is 16.1 Å². The number of urea groups is 1. The smallest absolute Gasteiger partial charge is 0.318 e. The van der Waals surface area contributed by atoms with Gasteiger partial charge in [-0.15, -0.1) is 0 Å². The third-order valence-corrected chi connectivity index (χ3v) is 4.82. The van der Waals surface area contributed by atoms with E-state index in [1.54, 1.807) is 0 Å². The predicted molar refractivity (Wildman–Crippen MR) is 96.6 cm³/mol. The van der Waals surface area contributed by atoms with E-state index in [0.29, 0.717) is 26.2 Å². The van der Waals surface area contributed by atoms with Crippen LogP contribution < -0.4 is 16.0 Å². The average molecular weight is 364 g/mol. The summed E-state index contributed by atoms with van der Waals surface area (Å²) >= 11 is 0. The molecule has 9 heteroatoms. The van der Waals surface area contributed by atoms with Gasteiger partial charge < -0.3 is 20.9 Å². The summed E-state index contributed by atoms with van der Waals surface area (Å²) in [7, 11) is 1.51. The van der Waals surface area contributed by atoms with Gasteiger partial charge in [0.25, 0.3) is 0 Å². The first-order valence-corrected chi connectivity index (χ1v) is 8.88. The lowest BCUT2D eigenvalue weighted by Gasteiger charge is -2.34. The van der Waals surface area contributed by atoms with Crippen molar-refractivity contribution in [3.8, 4) is 0 Å². The van der Waals surface area contributed by atoms with E-state index in [2.05, 4.69) is 21.0 Å². The van der Waals surface area contributed by atoms with E-state index in [1.165, 1.54) is 17.5 Å². The zero-order chi connectivity index (χ0) is 19.3. The van der Waals surface area contributed by atoms with Crippen LogP contribution in [0.5, 0.6) is 0 Å². The molecule has 1 saturated heterocycles. The molecule has 1 fully saturated rings. The summed E-state index contributed by atoms with van der Waals surface area (Å²) in [5, 5.41) is 12.5. The minimum atomic E-state index is -0.776. The highest BCUT2D eigenvalue weighted by atomic mass is 16.2. The summed E-state index contributed by atoms with van der Waals surface area (Å²) in [4.78, 5) is 37.5. The Bertz CT molecular complexity index is 684. The van der Waals surface area contributed by atoms with Crippen LogP contribution in [-0.4, -0.2) is 65.2 Å². The van der Waals surface area contributed by atoms with Crippen LogP contribution in [0.3, 0.4) is 0 Å². The number of nitrogens with one attached hydrogen (secondary N) is 3. The van der Waals surface area contributed by atoms with E-state index in [-0.39, 0.29) is 24.3 Å². The van der Waals surface area contributed by atoms with Gasteiger partial charge in [-0.05, 0) is 32.8 Å². The van der Waals surface area contributed by atoms with Crippen LogP contribution in [0.1, 0.15) is 29.8 Å². The van der Waals surface area contributed by atoms with Gasteiger partial charge in [0.05, 0.1) is 12.1 Å². The number of carbonyl (C=O) groups excluding carboxylic acids is 3. The molecule has 4 amide bonds. The number of hydrogen-bond donors (Lipinski definition) is 3. The molecule has 0 unspecified atom stereocenters. The number of piperazine rings is 1. The van der Waals surface area contributed by atoms with E-state index >= 15 is 0 Å². The van der Waals surface area contributed by atoms with Crippen molar-refractivity contribution >= 4 is 17.8 Å². The molecular weight excluding hydrogens is 336 g/mol. The van der Waals surface area contributed by atoms with Crippen LogP contribution >= 0.6 is 0 Å². The molecule has 0 spiro atoms. The number of nitrogens with zero attached hydrogens (tertiary/aromatic N) is 3. The lowest BCUT2D eigenvalue weighted by molar-refractivity contribution is -0.132. The Morgan fingerprint density at radius 2 is 2.04 bits per heavy atom. The first kappa shape index (κ1) is 19.7. The predicted octanol–water partition coefficient (Wildman–Crippen LogP) is -0.155. The lowest BCUT2D eigenvalue weighted by atomic mass is 10.1. The molecule has 2 rings (SSSR count). The highest BCUT2D eigenvalue weighted by molar-refractivity contribution is 5.92. The highest BCUT2D eigenvalue weighted by Crippen LogP contribution is 2.11. The van der Waals surface area contributed by atoms with Gasteiger partial charge in [0, 0.05) is 38.9 Å². The van der Waals surface area contributed by atoms with Crippen molar-refractivity contribution in [3.05, 3.63) is 17.0 Å². The summed E-state index contributed by atoms with van der Waals surface area (Å²) in [6.07, 6.45) is 0.689. The van der Waals surface area contributed by atoms with E-state index in [4.69, 9.17) is 0 Å². The van der Waals surface area contributed by atoms with Gasteiger partial charge in [-0.25, -0.2) is 4.79 Å². The molecule has 2 heterocycles. The maximum absolute atomic E-state index is 12.4. The van der Waals surface area contributed by atoms with Gasteiger partial charge >= 0.3 is 6.03 Å². The molecule has 0 radical (unpaired) electrons. The molecule has 26 heavy (non-hydrogen) atoms. The Balaban J connectivity index is 1.86. The zero-order valence-corrected chi connectivity index (χ0v) is 15.9. The second-order valence-corrected chi connectivity index (χ2v) is 6.48. The second-order valence-electron chi connectivity index (χ2n) is 6.48. The van der Waals surface area contributed by atoms with Crippen molar-refractivity contribution in [2.45, 2.75) is 46.2 Å². The van der Waals surface area contributed by atoms with Gasteiger partial charge in [-0.3, -0.25) is 14.3 Å². The standard InChI is InChI=1S/C17H28N6O3/c1-11-12(2)21-23(13(11)3)8-5-6-20-17(26)22-9-7-19-16(25)14(22)10-15(24)18-4/h14H,5-10H2,1-4H3,(H,18,24)(H,19,25)(H,20,26)/t14-/m0/s1. The molecular formula is C17H28N6O3. The summed E-state index contributed by atoms with van der Waals surface area (Å²) < 4.78 is 1.94. The molecule has 144 valence electrons.